The molecule has 1 aliphatic heterocycles. The second kappa shape index (κ2) is 8.15. The summed E-state index contributed by atoms with van der Waals surface area (Å²) in [6.07, 6.45) is 0.812. The van der Waals surface area contributed by atoms with Crippen molar-refractivity contribution in [3.05, 3.63) is 81.8 Å². The van der Waals surface area contributed by atoms with Gasteiger partial charge in [0.25, 0.3) is 0 Å². The van der Waals surface area contributed by atoms with Crippen molar-refractivity contribution in [1.82, 2.24) is 0 Å². The molecule has 1 unspecified atom stereocenters. The molecule has 0 radical (unpaired) electrons. The number of ether oxygens (including phenoxy) is 1. The van der Waals surface area contributed by atoms with Crippen molar-refractivity contribution in [1.29, 1.82) is 0 Å². The average Bonchev–Trinajstić information content (AvgIpc) is 2.73. The Hall–Kier alpha value is -2.79. The molecule has 0 amide bonds. The summed E-state index contributed by atoms with van der Waals surface area (Å²) in [6.45, 7) is 1.73. The Balaban J connectivity index is 1.82. The number of ketones is 1. The van der Waals surface area contributed by atoms with Crippen LogP contribution in [0.4, 0.5) is 4.39 Å². The zero-order chi connectivity index (χ0) is 21.4. The van der Waals surface area contributed by atoms with Crippen LogP contribution in [-0.4, -0.2) is 24.6 Å². The monoisotopic (exact) mass is 425 g/mol. The van der Waals surface area contributed by atoms with Crippen molar-refractivity contribution < 1.29 is 18.7 Å². The Morgan fingerprint density at radius 3 is 2.50 bits per heavy atom. The van der Waals surface area contributed by atoms with E-state index in [1.165, 1.54) is 13.2 Å². The van der Waals surface area contributed by atoms with Crippen LogP contribution in [0.3, 0.4) is 0 Å². The van der Waals surface area contributed by atoms with E-state index in [-0.39, 0.29) is 18.1 Å². The lowest BCUT2D eigenvalue weighted by Crippen LogP contribution is -2.38. The van der Waals surface area contributed by atoms with E-state index in [2.05, 4.69) is 4.99 Å². The molecule has 1 heterocycles. The number of Topliss-reactive ketones (excluding diaryl/α,β-unsaturated/α-hetero) is 1. The number of carbonyl (C=O) groups excluding carboxylic acids is 2. The highest BCUT2D eigenvalue weighted by Crippen LogP contribution is 2.47. The molecule has 2 aliphatic rings. The van der Waals surface area contributed by atoms with Gasteiger partial charge in [-0.15, -0.1) is 0 Å². The molecular weight excluding hydrogens is 405 g/mol. The van der Waals surface area contributed by atoms with E-state index in [4.69, 9.17) is 16.3 Å². The smallest absolute Gasteiger partial charge is 0.315 e. The minimum Gasteiger partial charge on any atom is -0.468 e. The third-order valence-electron chi connectivity index (χ3n) is 5.93. The lowest BCUT2D eigenvalue weighted by Gasteiger charge is -2.36. The molecule has 30 heavy (non-hydrogen) atoms. The average molecular weight is 426 g/mol. The second-order valence-electron chi connectivity index (χ2n) is 7.69. The first kappa shape index (κ1) is 20.5. The Morgan fingerprint density at radius 1 is 1.13 bits per heavy atom. The first-order chi connectivity index (χ1) is 14.4. The quantitative estimate of drug-likeness (QED) is 0.633. The molecule has 2 aromatic rings. The van der Waals surface area contributed by atoms with Gasteiger partial charge >= 0.3 is 5.97 Å². The van der Waals surface area contributed by atoms with E-state index in [0.29, 0.717) is 34.0 Å². The summed E-state index contributed by atoms with van der Waals surface area (Å²) in [6, 6.07) is 13.7. The van der Waals surface area contributed by atoms with E-state index in [1.54, 1.807) is 37.3 Å². The van der Waals surface area contributed by atoms with E-state index < -0.39 is 23.6 Å². The Kier molecular flexibility index (Phi) is 5.56. The number of carbonyl (C=O) groups is 2. The van der Waals surface area contributed by atoms with Crippen LogP contribution in [0.5, 0.6) is 0 Å². The maximum absolute atomic E-state index is 14.8. The van der Waals surface area contributed by atoms with Gasteiger partial charge in [0.15, 0.2) is 5.78 Å². The highest BCUT2D eigenvalue weighted by Gasteiger charge is 2.45. The molecule has 0 aromatic heterocycles. The number of allylic oxidation sites excluding steroid dienone is 2. The van der Waals surface area contributed by atoms with Gasteiger partial charge in [-0.1, -0.05) is 41.9 Å². The van der Waals surface area contributed by atoms with Crippen LogP contribution >= 0.6 is 11.6 Å². The van der Waals surface area contributed by atoms with Crippen LogP contribution in [0.15, 0.2) is 64.8 Å². The molecular formula is C24H21ClFNO3. The van der Waals surface area contributed by atoms with E-state index in [9.17, 15) is 14.0 Å². The summed E-state index contributed by atoms with van der Waals surface area (Å²) in [5.41, 5.74) is 2.89. The first-order valence-corrected chi connectivity index (χ1v) is 10.2. The molecule has 0 fully saturated rings. The zero-order valence-electron chi connectivity index (χ0n) is 16.7. The van der Waals surface area contributed by atoms with Crippen molar-refractivity contribution in [3.8, 4) is 0 Å². The Bertz CT molecular complexity index is 1070. The molecule has 6 heteroatoms. The van der Waals surface area contributed by atoms with Crippen molar-refractivity contribution in [2.75, 3.05) is 7.11 Å². The summed E-state index contributed by atoms with van der Waals surface area (Å²) in [7, 11) is 1.29. The Labute approximate surface area is 179 Å². The maximum Gasteiger partial charge on any atom is 0.315 e. The van der Waals surface area contributed by atoms with Gasteiger partial charge in [-0.3, -0.25) is 14.6 Å². The molecule has 4 nitrogen and oxygen atoms in total. The summed E-state index contributed by atoms with van der Waals surface area (Å²) in [4.78, 5) is 30.5. The SMILES string of the molecule is COC(=O)C1C(C)=NC2=C(C(=O)C[C@@H](c3ccc(Cl)cc3)C2)[C@@H]1c1ccccc1F. The van der Waals surface area contributed by atoms with Gasteiger partial charge in [0.2, 0.25) is 0 Å². The van der Waals surface area contributed by atoms with Crippen molar-refractivity contribution in [3.63, 3.8) is 0 Å². The topological polar surface area (TPSA) is 55.7 Å². The van der Waals surface area contributed by atoms with E-state index in [1.807, 2.05) is 12.1 Å². The lowest BCUT2D eigenvalue weighted by molar-refractivity contribution is -0.143. The summed E-state index contributed by atoms with van der Waals surface area (Å²) in [5.74, 6) is -2.71. The van der Waals surface area contributed by atoms with Crippen molar-refractivity contribution in [2.45, 2.75) is 31.6 Å². The first-order valence-electron chi connectivity index (χ1n) is 9.79. The number of aliphatic imine (C=N–C) groups is 1. The van der Waals surface area contributed by atoms with E-state index >= 15 is 0 Å². The fraction of sp³-hybridized carbons (Fsp3) is 0.292. The molecule has 3 atom stereocenters. The summed E-state index contributed by atoms with van der Waals surface area (Å²) < 4.78 is 19.7. The number of hydrogen-bond acceptors (Lipinski definition) is 4. The number of benzene rings is 2. The molecule has 154 valence electrons. The molecule has 0 spiro atoms. The molecule has 1 aliphatic carbocycles. The van der Waals surface area contributed by atoms with Crippen LogP contribution in [0.1, 0.15) is 42.7 Å². The fourth-order valence-electron chi connectivity index (χ4n) is 4.53. The van der Waals surface area contributed by atoms with Crippen LogP contribution in [0.25, 0.3) is 0 Å². The van der Waals surface area contributed by atoms with Gasteiger partial charge in [-0.25, -0.2) is 4.39 Å². The van der Waals surface area contributed by atoms with Crippen molar-refractivity contribution in [2.24, 2.45) is 10.9 Å². The number of methoxy groups -OCH3 is 1. The minimum absolute atomic E-state index is 0.0407. The van der Waals surface area contributed by atoms with Gasteiger partial charge < -0.3 is 4.74 Å². The van der Waals surface area contributed by atoms with Crippen molar-refractivity contribution >= 4 is 29.1 Å². The highest BCUT2D eigenvalue weighted by molar-refractivity contribution is 6.30. The van der Waals surface area contributed by atoms with Gasteiger partial charge in [0, 0.05) is 34.3 Å². The largest absolute Gasteiger partial charge is 0.468 e. The van der Waals surface area contributed by atoms with Gasteiger partial charge in [0.05, 0.1) is 7.11 Å². The standard InChI is InChI=1S/C24H21ClFNO3/c1-13-21(24(29)30-2)22(17-5-3-4-6-18(17)26)23-19(27-13)11-15(12-20(23)28)14-7-9-16(25)10-8-14/h3-10,15,21-22H,11-12H2,1-2H3/t15-,21?,22+/m0/s1. The summed E-state index contributed by atoms with van der Waals surface area (Å²) >= 11 is 5.99. The Morgan fingerprint density at radius 2 is 1.83 bits per heavy atom. The van der Waals surface area contributed by atoms with Gasteiger partial charge in [-0.2, -0.15) is 0 Å². The molecule has 0 saturated carbocycles. The van der Waals surface area contributed by atoms with Crippen LogP contribution in [-0.2, 0) is 14.3 Å². The highest BCUT2D eigenvalue weighted by atomic mass is 35.5. The van der Waals surface area contributed by atoms with Gasteiger partial charge in [0.1, 0.15) is 11.7 Å². The van der Waals surface area contributed by atoms with E-state index in [0.717, 1.165) is 5.56 Å². The molecule has 0 bridgehead atoms. The number of rotatable bonds is 3. The number of nitrogens with zero attached hydrogens (tertiary/aromatic N) is 1. The normalized spacial score (nSPS) is 23.7. The predicted octanol–water partition coefficient (Wildman–Crippen LogP) is 5.23. The fourth-order valence-corrected chi connectivity index (χ4v) is 4.65. The molecule has 2 aromatic carbocycles. The van der Waals surface area contributed by atoms with Crippen LogP contribution < -0.4 is 0 Å². The molecule has 0 N–H and O–H groups in total. The predicted molar refractivity (Wildman–Crippen MR) is 113 cm³/mol. The molecule has 4 rings (SSSR count). The van der Waals surface area contributed by atoms with Crippen LogP contribution in [0.2, 0.25) is 5.02 Å². The molecule has 0 saturated heterocycles. The van der Waals surface area contributed by atoms with Crippen LogP contribution in [0, 0.1) is 11.7 Å². The second-order valence-corrected chi connectivity index (χ2v) is 8.13. The number of halogens is 2. The zero-order valence-corrected chi connectivity index (χ0v) is 17.4. The third-order valence-corrected chi connectivity index (χ3v) is 6.18. The van der Waals surface area contributed by atoms with Gasteiger partial charge in [-0.05, 0) is 48.6 Å². The number of hydrogen-bond donors (Lipinski definition) is 0. The lowest BCUT2D eigenvalue weighted by atomic mass is 9.69. The maximum atomic E-state index is 14.8. The summed E-state index contributed by atoms with van der Waals surface area (Å²) in [5, 5.41) is 0.632. The third kappa shape index (κ3) is 3.58. The minimum atomic E-state index is -0.832. The number of esters is 1.